The first-order valence-electron chi connectivity index (χ1n) is 6.64. The molecular formula is C14H21N3. The fraction of sp³-hybridized carbons (Fsp3) is 0.643. The van der Waals surface area contributed by atoms with Crippen LogP contribution in [0.2, 0.25) is 0 Å². The minimum Gasteiger partial charge on any atom is -0.357 e. The Labute approximate surface area is 103 Å². The van der Waals surface area contributed by atoms with Crippen molar-refractivity contribution >= 4 is 5.82 Å². The molecule has 2 bridgehead atoms. The molecule has 1 aromatic rings. The van der Waals surface area contributed by atoms with Crippen LogP contribution in [0.15, 0.2) is 18.3 Å². The van der Waals surface area contributed by atoms with Crippen LogP contribution in [0.3, 0.4) is 0 Å². The van der Waals surface area contributed by atoms with Gasteiger partial charge in [0, 0.05) is 31.4 Å². The van der Waals surface area contributed by atoms with Gasteiger partial charge in [-0.3, -0.25) is 0 Å². The number of rotatable bonds is 2. The third-order valence-corrected chi connectivity index (χ3v) is 4.25. The quantitative estimate of drug-likeness (QED) is 0.845. The highest BCUT2D eigenvalue weighted by atomic mass is 15.2. The van der Waals surface area contributed by atoms with Gasteiger partial charge in [0.1, 0.15) is 5.82 Å². The van der Waals surface area contributed by atoms with Crippen LogP contribution in [-0.2, 0) is 0 Å². The number of fused-ring (bicyclic) bond motifs is 2. The summed E-state index contributed by atoms with van der Waals surface area (Å²) in [6, 6.07) is 6.43. The van der Waals surface area contributed by atoms with Gasteiger partial charge in [-0.25, -0.2) is 4.98 Å². The molecule has 1 N–H and O–H groups in total. The lowest BCUT2D eigenvalue weighted by molar-refractivity contribution is 0.354. The molecule has 0 radical (unpaired) electrons. The maximum atomic E-state index is 4.53. The van der Waals surface area contributed by atoms with Gasteiger partial charge in [0.15, 0.2) is 0 Å². The fourth-order valence-corrected chi connectivity index (χ4v) is 3.20. The highest BCUT2D eigenvalue weighted by molar-refractivity contribution is 5.39. The first kappa shape index (κ1) is 11.0. The van der Waals surface area contributed by atoms with E-state index in [0.717, 1.165) is 17.9 Å². The Morgan fingerprint density at radius 2 is 1.94 bits per heavy atom. The van der Waals surface area contributed by atoms with Gasteiger partial charge in [0.05, 0.1) is 0 Å². The van der Waals surface area contributed by atoms with E-state index in [1.807, 2.05) is 6.20 Å². The third-order valence-electron chi connectivity index (χ3n) is 4.25. The van der Waals surface area contributed by atoms with Crippen molar-refractivity contribution in [2.24, 2.45) is 0 Å². The van der Waals surface area contributed by atoms with Crippen molar-refractivity contribution in [1.29, 1.82) is 0 Å². The van der Waals surface area contributed by atoms with Gasteiger partial charge in [0.25, 0.3) is 0 Å². The van der Waals surface area contributed by atoms with E-state index in [2.05, 4.69) is 41.3 Å². The molecular weight excluding hydrogens is 210 g/mol. The molecule has 2 fully saturated rings. The van der Waals surface area contributed by atoms with E-state index in [0.29, 0.717) is 6.04 Å². The summed E-state index contributed by atoms with van der Waals surface area (Å²) in [5.41, 5.74) is 1.23. The summed E-state index contributed by atoms with van der Waals surface area (Å²) in [6.45, 7) is 2.08. The van der Waals surface area contributed by atoms with Crippen molar-refractivity contribution in [2.75, 3.05) is 11.9 Å². The highest BCUT2D eigenvalue weighted by Gasteiger charge is 2.35. The average Bonchev–Trinajstić information content (AvgIpc) is 2.68. The summed E-state index contributed by atoms with van der Waals surface area (Å²) in [5.74, 6) is 1.11. The molecule has 2 unspecified atom stereocenters. The van der Waals surface area contributed by atoms with Crippen LogP contribution >= 0.6 is 0 Å². The molecule has 2 saturated heterocycles. The van der Waals surface area contributed by atoms with Crippen molar-refractivity contribution in [3.63, 3.8) is 0 Å². The third kappa shape index (κ3) is 2.16. The summed E-state index contributed by atoms with van der Waals surface area (Å²) < 4.78 is 0. The van der Waals surface area contributed by atoms with Crippen molar-refractivity contribution in [1.82, 2.24) is 10.3 Å². The number of hydrogen-bond donors (Lipinski definition) is 1. The lowest BCUT2D eigenvalue weighted by atomic mass is 9.98. The van der Waals surface area contributed by atoms with Crippen molar-refractivity contribution in [3.8, 4) is 0 Å². The van der Waals surface area contributed by atoms with Crippen LogP contribution in [0.25, 0.3) is 0 Å². The second kappa shape index (κ2) is 4.30. The molecule has 0 aromatic carbocycles. The Kier molecular flexibility index (Phi) is 2.79. The van der Waals surface area contributed by atoms with Crippen LogP contribution in [0, 0.1) is 6.92 Å². The number of hydrogen-bond acceptors (Lipinski definition) is 3. The molecule has 0 aliphatic carbocycles. The zero-order valence-electron chi connectivity index (χ0n) is 10.7. The molecule has 1 aromatic heterocycles. The predicted octanol–water partition coefficient (Wildman–Crippen LogP) is 2.11. The van der Waals surface area contributed by atoms with Crippen molar-refractivity contribution in [2.45, 2.75) is 50.7 Å². The molecule has 0 spiro atoms. The van der Waals surface area contributed by atoms with Gasteiger partial charge in [-0.1, -0.05) is 6.07 Å². The molecule has 2 aliphatic heterocycles. The Morgan fingerprint density at radius 3 is 2.53 bits per heavy atom. The highest BCUT2D eigenvalue weighted by Crippen LogP contribution is 2.30. The first-order chi connectivity index (χ1) is 8.22. The molecule has 0 amide bonds. The van der Waals surface area contributed by atoms with E-state index in [-0.39, 0.29) is 0 Å². The van der Waals surface area contributed by atoms with Crippen LogP contribution < -0.4 is 10.2 Å². The van der Waals surface area contributed by atoms with E-state index >= 15 is 0 Å². The number of aromatic nitrogens is 1. The molecule has 3 rings (SSSR count). The molecule has 3 nitrogen and oxygen atoms in total. The average molecular weight is 231 g/mol. The standard InChI is InChI=1S/C14H21N3/c1-10-3-6-14(15-9-10)17(2)13-7-11-4-5-12(8-13)16-11/h3,6,9,11-13,16H,4-5,7-8H2,1-2H3. The predicted molar refractivity (Wildman–Crippen MR) is 70.3 cm³/mol. The number of piperidine rings is 1. The maximum Gasteiger partial charge on any atom is 0.128 e. The summed E-state index contributed by atoms with van der Waals surface area (Å²) >= 11 is 0. The van der Waals surface area contributed by atoms with E-state index in [9.17, 15) is 0 Å². The lowest BCUT2D eigenvalue weighted by Gasteiger charge is -2.36. The van der Waals surface area contributed by atoms with Crippen LogP contribution in [0.5, 0.6) is 0 Å². The number of pyridine rings is 1. The van der Waals surface area contributed by atoms with E-state index < -0.39 is 0 Å². The van der Waals surface area contributed by atoms with Gasteiger partial charge in [0.2, 0.25) is 0 Å². The van der Waals surface area contributed by atoms with Gasteiger partial charge in [-0.05, 0) is 44.2 Å². The Bertz CT molecular complexity index is 375. The molecule has 3 heteroatoms. The van der Waals surface area contributed by atoms with Gasteiger partial charge >= 0.3 is 0 Å². The minimum atomic E-state index is 0.656. The van der Waals surface area contributed by atoms with Crippen LogP contribution in [-0.4, -0.2) is 30.2 Å². The summed E-state index contributed by atoms with van der Waals surface area (Å²) in [7, 11) is 2.19. The minimum absolute atomic E-state index is 0.656. The molecule has 3 heterocycles. The summed E-state index contributed by atoms with van der Waals surface area (Å²) in [4.78, 5) is 6.90. The zero-order chi connectivity index (χ0) is 11.8. The lowest BCUT2D eigenvalue weighted by Crippen LogP contribution is -2.47. The second-order valence-electron chi connectivity index (χ2n) is 5.57. The normalized spacial score (nSPS) is 31.5. The molecule has 92 valence electrons. The topological polar surface area (TPSA) is 28.2 Å². The monoisotopic (exact) mass is 231 g/mol. The number of aryl methyl sites for hydroxylation is 1. The van der Waals surface area contributed by atoms with Crippen LogP contribution in [0.1, 0.15) is 31.2 Å². The number of nitrogens with one attached hydrogen (secondary N) is 1. The van der Waals surface area contributed by atoms with E-state index in [1.165, 1.54) is 31.2 Å². The molecule has 0 saturated carbocycles. The Balaban J connectivity index is 1.73. The van der Waals surface area contributed by atoms with Crippen molar-refractivity contribution in [3.05, 3.63) is 23.9 Å². The van der Waals surface area contributed by atoms with E-state index in [4.69, 9.17) is 0 Å². The van der Waals surface area contributed by atoms with Gasteiger partial charge in [-0.2, -0.15) is 0 Å². The van der Waals surface area contributed by atoms with Crippen LogP contribution in [0.4, 0.5) is 5.82 Å². The number of anilines is 1. The Morgan fingerprint density at radius 1 is 1.24 bits per heavy atom. The summed E-state index contributed by atoms with van der Waals surface area (Å²) in [6.07, 6.45) is 7.21. The Hall–Kier alpha value is -1.09. The van der Waals surface area contributed by atoms with E-state index in [1.54, 1.807) is 0 Å². The SMILES string of the molecule is Cc1ccc(N(C)C2CC3CCC(C2)N3)nc1. The zero-order valence-corrected chi connectivity index (χ0v) is 10.7. The largest absolute Gasteiger partial charge is 0.357 e. The molecule has 2 aliphatic rings. The van der Waals surface area contributed by atoms with Gasteiger partial charge < -0.3 is 10.2 Å². The number of nitrogens with zero attached hydrogens (tertiary/aromatic N) is 2. The fourth-order valence-electron chi connectivity index (χ4n) is 3.20. The maximum absolute atomic E-state index is 4.53. The van der Waals surface area contributed by atoms with Crippen molar-refractivity contribution < 1.29 is 0 Å². The summed E-state index contributed by atoms with van der Waals surface area (Å²) in [5, 5.41) is 3.69. The second-order valence-corrected chi connectivity index (χ2v) is 5.57. The molecule has 17 heavy (non-hydrogen) atoms. The smallest absolute Gasteiger partial charge is 0.128 e. The first-order valence-corrected chi connectivity index (χ1v) is 6.64. The molecule has 2 atom stereocenters. The van der Waals surface area contributed by atoms with Gasteiger partial charge in [-0.15, -0.1) is 0 Å².